The molecular formula is C14H24N2OS. The third kappa shape index (κ3) is 3.31. The van der Waals surface area contributed by atoms with Gasteiger partial charge in [-0.1, -0.05) is 6.92 Å². The number of nitrogens with one attached hydrogen (secondary N) is 1. The summed E-state index contributed by atoms with van der Waals surface area (Å²) in [4.78, 5) is 5.88. The standard InChI is InChI=1S/C14H24N2OS/c1-10(13-11(2)16-12(3)18-13)15-9-14(4)5-7-17-8-6-14/h10,15H,5-9H2,1-4H3. The molecule has 18 heavy (non-hydrogen) atoms. The zero-order valence-corrected chi connectivity index (χ0v) is 12.7. The molecule has 1 saturated heterocycles. The molecule has 1 aromatic heterocycles. The molecule has 1 aromatic rings. The van der Waals surface area contributed by atoms with Crippen LogP contribution in [0.25, 0.3) is 0 Å². The van der Waals surface area contributed by atoms with Gasteiger partial charge in [0.25, 0.3) is 0 Å². The van der Waals surface area contributed by atoms with Gasteiger partial charge in [-0.25, -0.2) is 4.98 Å². The molecule has 2 rings (SSSR count). The van der Waals surface area contributed by atoms with Crippen molar-refractivity contribution in [3.05, 3.63) is 15.6 Å². The van der Waals surface area contributed by atoms with Crippen molar-refractivity contribution in [3.63, 3.8) is 0 Å². The Bertz CT molecular complexity index is 396. The maximum absolute atomic E-state index is 5.44. The van der Waals surface area contributed by atoms with Gasteiger partial charge in [0.05, 0.1) is 10.7 Å². The van der Waals surface area contributed by atoms with E-state index in [1.807, 2.05) is 11.3 Å². The van der Waals surface area contributed by atoms with Gasteiger partial charge in [-0.3, -0.25) is 0 Å². The lowest BCUT2D eigenvalue weighted by Crippen LogP contribution is -2.37. The number of ether oxygens (including phenoxy) is 1. The number of aryl methyl sites for hydroxylation is 2. The summed E-state index contributed by atoms with van der Waals surface area (Å²) in [6, 6.07) is 0.399. The molecule has 1 aliphatic heterocycles. The molecule has 1 N–H and O–H groups in total. The summed E-state index contributed by atoms with van der Waals surface area (Å²) in [6.45, 7) is 11.7. The molecule has 0 saturated carbocycles. The van der Waals surface area contributed by atoms with Gasteiger partial charge in [0.1, 0.15) is 0 Å². The first-order chi connectivity index (χ1) is 8.50. The predicted molar refractivity (Wildman–Crippen MR) is 76.2 cm³/mol. The number of aromatic nitrogens is 1. The Morgan fingerprint density at radius 1 is 1.39 bits per heavy atom. The topological polar surface area (TPSA) is 34.2 Å². The summed E-state index contributed by atoms with van der Waals surface area (Å²) in [5, 5.41) is 4.84. The third-order valence-electron chi connectivity index (χ3n) is 3.87. The first-order valence-corrected chi connectivity index (χ1v) is 7.57. The molecule has 0 spiro atoms. The van der Waals surface area contributed by atoms with Crippen molar-refractivity contribution in [1.29, 1.82) is 0 Å². The summed E-state index contributed by atoms with van der Waals surface area (Å²) in [5.74, 6) is 0. The number of rotatable bonds is 4. The number of thiazole rings is 1. The maximum Gasteiger partial charge on any atom is 0.0900 e. The lowest BCUT2D eigenvalue weighted by atomic mass is 9.82. The average molecular weight is 268 g/mol. The van der Waals surface area contributed by atoms with Crippen molar-refractivity contribution in [1.82, 2.24) is 10.3 Å². The molecule has 2 heterocycles. The van der Waals surface area contributed by atoms with Crippen LogP contribution in [0.3, 0.4) is 0 Å². The molecule has 1 aliphatic rings. The van der Waals surface area contributed by atoms with Gasteiger partial charge in [-0.05, 0) is 39.0 Å². The van der Waals surface area contributed by atoms with Crippen LogP contribution < -0.4 is 5.32 Å². The second-order valence-electron chi connectivity index (χ2n) is 5.71. The van der Waals surface area contributed by atoms with Gasteiger partial charge in [0.2, 0.25) is 0 Å². The highest BCUT2D eigenvalue weighted by molar-refractivity contribution is 7.11. The van der Waals surface area contributed by atoms with Gasteiger partial charge in [0, 0.05) is 30.7 Å². The van der Waals surface area contributed by atoms with E-state index in [4.69, 9.17) is 4.74 Å². The largest absolute Gasteiger partial charge is 0.381 e. The van der Waals surface area contributed by atoms with E-state index in [-0.39, 0.29) is 0 Å². The van der Waals surface area contributed by atoms with Gasteiger partial charge < -0.3 is 10.1 Å². The molecular weight excluding hydrogens is 244 g/mol. The smallest absolute Gasteiger partial charge is 0.0900 e. The quantitative estimate of drug-likeness (QED) is 0.910. The van der Waals surface area contributed by atoms with Crippen molar-refractivity contribution >= 4 is 11.3 Å². The predicted octanol–water partition coefficient (Wildman–Crippen LogP) is 3.23. The summed E-state index contributed by atoms with van der Waals surface area (Å²) < 4.78 is 5.44. The molecule has 0 bridgehead atoms. The number of hydrogen-bond donors (Lipinski definition) is 1. The molecule has 1 fully saturated rings. The minimum absolute atomic E-state index is 0.389. The molecule has 0 aliphatic carbocycles. The van der Waals surface area contributed by atoms with Gasteiger partial charge >= 0.3 is 0 Å². The van der Waals surface area contributed by atoms with Crippen LogP contribution >= 0.6 is 11.3 Å². The minimum atomic E-state index is 0.389. The van der Waals surface area contributed by atoms with Gasteiger partial charge in [-0.15, -0.1) is 11.3 Å². The van der Waals surface area contributed by atoms with Crippen LogP contribution in [0.2, 0.25) is 0 Å². The fourth-order valence-corrected chi connectivity index (χ4v) is 3.44. The first kappa shape index (κ1) is 14.0. The molecule has 1 atom stereocenters. The lowest BCUT2D eigenvalue weighted by molar-refractivity contribution is 0.0231. The fraction of sp³-hybridized carbons (Fsp3) is 0.786. The van der Waals surface area contributed by atoms with Crippen LogP contribution in [0.4, 0.5) is 0 Å². The van der Waals surface area contributed by atoms with E-state index >= 15 is 0 Å². The van der Waals surface area contributed by atoms with E-state index in [0.717, 1.165) is 37.6 Å². The van der Waals surface area contributed by atoms with E-state index in [0.29, 0.717) is 11.5 Å². The second-order valence-corrected chi connectivity index (χ2v) is 6.94. The normalized spacial score (nSPS) is 20.9. The summed E-state index contributed by atoms with van der Waals surface area (Å²) >= 11 is 1.81. The Morgan fingerprint density at radius 2 is 2.06 bits per heavy atom. The van der Waals surface area contributed by atoms with Gasteiger partial charge in [-0.2, -0.15) is 0 Å². The molecule has 0 amide bonds. The summed E-state index contributed by atoms with van der Waals surface area (Å²) in [5.41, 5.74) is 1.56. The Morgan fingerprint density at radius 3 is 2.61 bits per heavy atom. The molecule has 0 radical (unpaired) electrons. The van der Waals surface area contributed by atoms with Crippen LogP contribution in [-0.4, -0.2) is 24.7 Å². The maximum atomic E-state index is 5.44. The van der Waals surface area contributed by atoms with Crippen LogP contribution in [0.15, 0.2) is 0 Å². The highest BCUT2D eigenvalue weighted by Gasteiger charge is 2.28. The second kappa shape index (κ2) is 5.68. The molecule has 0 aromatic carbocycles. The molecule has 1 unspecified atom stereocenters. The van der Waals surface area contributed by atoms with Crippen molar-refractivity contribution in [3.8, 4) is 0 Å². The summed E-state index contributed by atoms with van der Waals surface area (Å²) in [7, 11) is 0. The average Bonchev–Trinajstić information content (AvgIpc) is 2.67. The van der Waals surface area contributed by atoms with Crippen molar-refractivity contribution in [2.45, 2.75) is 46.6 Å². The lowest BCUT2D eigenvalue weighted by Gasteiger charge is -2.34. The monoisotopic (exact) mass is 268 g/mol. The number of hydrogen-bond acceptors (Lipinski definition) is 4. The van der Waals surface area contributed by atoms with Crippen molar-refractivity contribution in [2.24, 2.45) is 5.41 Å². The third-order valence-corrected chi connectivity index (χ3v) is 5.12. The highest BCUT2D eigenvalue weighted by Crippen LogP contribution is 2.30. The number of nitrogens with zero attached hydrogens (tertiary/aromatic N) is 1. The Kier molecular flexibility index (Phi) is 4.41. The van der Waals surface area contributed by atoms with E-state index in [1.54, 1.807) is 0 Å². The first-order valence-electron chi connectivity index (χ1n) is 6.75. The zero-order valence-electron chi connectivity index (χ0n) is 11.9. The van der Waals surface area contributed by atoms with E-state index in [9.17, 15) is 0 Å². The molecule has 4 heteroatoms. The van der Waals surface area contributed by atoms with E-state index in [1.165, 1.54) is 10.6 Å². The van der Waals surface area contributed by atoms with Crippen molar-refractivity contribution in [2.75, 3.05) is 19.8 Å². The summed E-state index contributed by atoms with van der Waals surface area (Å²) in [6.07, 6.45) is 2.32. The molecule has 3 nitrogen and oxygen atoms in total. The van der Waals surface area contributed by atoms with Crippen LogP contribution in [0.5, 0.6) is 0 Å². The Hall–Kier alpha value is -0.450. The van der Waals surface area contributed by atoms with Crippen LogP contribution in [0.1, 0.15) is 48.3 Å². The van der Waals surface area contributed by atoms with Crippen LogP contribution in [-0.2, 0) is 4.74 Å². The van der Waals surface area contributed by atoms with E-state index < -0.39 is 0 Å². The highest BCUT2D eigenvalue weighted by atomic mass is 32.1. The Balaban J connectivity index is 1.91. The van der Waals surface area contributed by atoms with Gasteiger partial charge in [0.15, 0.2) is 0 Å². The minimum Gasteiger partial charge on any atom is -0.381 e. The Labute approximate surface area is 114 Å². The zero-order chi connectivity index (χ0) is 13.2. The molecule has 102 valence electrons. The van der Waals surface area contributed by atoms with Crippen LogP contribution in [0, 0.1) is 19.3 Å². The van der Waals surface area contributed by atoms with Crippen molar-refractivity contribution < 1.29 is 4.74 Å². The fourth-order valence-electron chi connectivity index (χ4n) is 2.48. The van der Waals surface area contributed by atoms with E-state index in [2.05, 4.69) is 38.0 Å². The SMILES string of the molecule is Cc1nc(C)c(C(C)NCC2(C)CCOCC2)s1.